The summed E-state index contributed by atoms with van der Waals surface area (Å²) in [6.45, 7) is 2.44. The maximum Gasteiger partial charge on any atom is 0.261 e. The first-order chi connectivity index (χ1) is 15.5. The molecule has 2 aliphatic rings. The van der Waals surface area contributed by atoms with Crippen LogP contribution in [0.3, 0.4) is 0 Å². The summed E-state index contributed by atoms with van der Waals surface area (Å²) in [7, 11) is 0. The highest BCUT2D eigenvalue weighted by molar-refractivity contribution is 6.42. The van der Waals surface area contributed by atoms with Gasteiger partial charge in [-0.25, -0.2) is 9.37 Å². The van der Waals surface area contributed by atoms with E-state index in [2.05, 4.69) is 15.6 Å². The van der Waals surface area contributed by atoms with Gasteiger partial charge in [-0.2, -0.15) is 0 Å². The quantitative estimate of drug-likeness (QED) is 0.542. The Hall–Kier alpha value is -2.19. The number of ether oxygens (including phenoxy) is 1. The Morgan fingerprint density at radius 1 is 1.22 bits per heavy atom. The molecule has 3 aromatic rings. The first kappa shape index (κ1) is 21.6. The van der Waals surface area contributed by atoms with Crippen molar-refractivity contribution in [3.05, 3.63) is 68.4 Å². The van der Waals surface area contributed by atoms with Crippen molar-refractivity contribution in [3.63, 3.8) is 0 Å². The van der Waals surface area contributed by atoms with Gasteiger partial charge in [-0.1, -0.05) is 23.2 Å². The predicted octanol–water partition coefficient (Wildman–Crippen LogP) is 4.49. The van der Waals surface area contributed by atoms with Gasteiger partial charge in [0, 0.05) is 37.1 Å². The Bertz CT molecular complexity index is 1220. The third-order valence-electron chi connectivity index (χ3n) is 6.43. The van der Waals surface area contributed by atoms with Gasteiger partial charge in [0.15, 0.2) is 0 Å². The molecule has 0 saturated carbocycles. The summed E-state index contributed by atoms with van der Waals surface area (Å²) in [5, 5.41) is 7.76. The average Bonchev–Trinajstić information content (AvgIpc) is 3.27. The number of benzene rings is 2. The van der Waals surface area contributed by atoms with Gasteiger partial charge in [0.2, 0.25) is 0 Å². The van der Waals surface area contributed by atoms with Crippen LogP contribution in [0.5, 0.6) is 0 Å². The molecule has 1 unspecified atom stereocenters. The first-order valence-corrected chi connectivity index (χ1v) is 11.5. The van der Waals surface area contributed by atoms with E-state index < -0.39 is 11.4 Å². The molecule has 1 aromatic heterocycles. The Kier molecular flexibility index (Phi) is 5.84. The molecule has 2 N–H and O–H groups in total. The molecule has 2 fully saturated rings. The zero-order valence-corrected chi connectivity index (χ0v) is 18.8. The minimum Gasteiger partial charge on any atom is -0.381 e. The lowest BCUT2D eigenvalue weighted by Gasteiger charge is -2.33. The van der Waals surface area contributed by atoms with E-state index in [4.69, 9.17) is 27.9 Å². The fourth-order valence-electron chi connectivity index (χ4n) is 4.75. The van der Waals surface area contributed by atoms with Gasteiger partial charge in [0.1, 0.15) is 5.82 Å². The Labute approximate surface area is 194 Å². The van der Waals surface area contributed by atoms with Crippen molar-refractivity contribution >= 4 is 39.8 Å². The molecule has 168 valence electrons. The van der Waals surface area contributed by atoms with E-state index in [9.17, 15) is 9.18 Å². The highest BCUT2D eigenvalue weighted by atomic mass is 35.5. The topological polar surface area (TPSA) is 68.2 Å². The maximum atomic E-state index is 14.9. The SMILES string of the molecule is O=c1c2cc(NC3(c4c(F)ccc(Cl)c4Cl)CCNC3)ccc2ncn1C1CCOCC1. The van der Waals surface area contributed by atoms with Crippen molar-refractivity contribution in [1.82, 2.24) is 14.9 Å². The third kappa shape index (κ3) is 3.77. The summed E-state index contributed by atoms with van der Waals surface area (Å²) in [4.78, 5) is 17.8. The van der Waals surface area contributed by atoms with Gasteiger partial charge in [0.05, 0.1) is 32.8 Å². The standard InChI is InChI=1S/C23H23Cl2FN4O2/c24-17-2-3-18(26)20(21(17)25)23(7-8-27-12-23)29-14-1-4-19-16(11-14)22(31)30(13-28-19)15-5-9-32-10-6-15/h1-4,11,13,15,27,29H,5-10,12H2. The Morgan fingerprint density at radius 2 is 2.03 bits per heavy atom. The maximum absolute atomic E-state index is 14.9. The number of rotatable bonds is 4. The zero-order chi connectivity index (χ0) is 22.3. The number of nitrogens with one attached hydrogen (secondary N) is 2. The second-order valence-electron chi connectivity index (χ2n) is 8.38. The van der Waals surface area contributed by atoms with E-state index in [1.54, 1.807) is 23.0 Å². The highest BCUT2D eigenvalue weighted by Gasteiger charge is 2.40. The Morgan fingerprint density at radius 3 is 2.78 bits per heavy atom. The molecule has 0 spiro atoms. The van der Waals surface area contributed by atoms with Crippen LogP contribution in [0.25, 0.3) is 10.9 Å². The molecule has 9 heteroatoms. The molecule has 0 amide bonds. The minimum absolute atomic E-state index is 0.0782. The third-order valence-corrected chi connectivity index (χ3v) is 7.23. The van der Waals surface area contributed by atoms with Gasteiger partial charge < -0.3 is 15.4 Å². The molecule has 2 aliphatic heterocycles. The largest absolute Gasteiger partial charge is 0.381 e. The van der Waals surface area contributed by atoms with Crippen LogP contribution in [0.15, 0.2) is 41.5 Å². The van der Waals surface area contributed by atoms with Crippen molar-refractivity contribution < 1.29 is 9.13 Å². The summed E-state index contributed by atoms with van der Waals surface area (Å²) in [6, 6.07) is 8.32. The lowest BCUT2D eigenvalue weighted by molar-refractivity contribution is 0.0685. The summed E-state index contributed by atoms with van der Waals surface area (Å²) >= 11 is 12.7. The van der Waals surface area contributed by atoms with Crippen LogP contribution in [0, 0.1) is 5.82 Å². The van der Waals surface area contributed by atoms with Crippen molar-refractivity contribution in [2.24, 2.45) is 0 Å². The first-order valence-electron chi connectivity index (χ1n) is 10.7. The summed E-state index contributed by atoms with van der Waals surface area (Å²) in [6.07, 6.45) is 3.80. The van der Waals surface area contributed by atoms with E-state index in [1.165, 1.54) is 12.1 Å². The monoisotopic (exact) mass is 476 g/mol. The predicted molar refractivity (Wildman–Crippen MR) is 124 cm³/mol. The van der Waals surface area contributed by atoms with Gasteiger partial charge in [-0.15, -0.1) is 0 Å². The van der Waals surface area contributed by atoms with Crippen LogP contribution < -0.4 is 16.2 Å². The molecule has 0 radical (unpaired) electrons. The smallest absolute Gasteiger partial charge is 0.261 e. The molecule has 1 atom stereocenters. The number of nitrogens with zero attached hydrogens (tertiary/aromatic N) is 2. The molecule has 0 aliphatic carbocycles. The van der Waals surface area contributed by atoms with Gasteiger partial charge in [-0.3, -0.25) is 9.36 Å². The molecule has 2 aromatic carbocycles. The molecule has 2 saturated heterocycles. The van der Waals surface area contributed by atoms with Crippen LogP contribution in [-0.2, 0) is 10.3 Å². The lowest BCUT2D eigenvalue weighted by Crippen LogP contribution is -2.39. The fourth-order valence-corrected chi connectivity index (χ4v) is 5.25. The second kappa shape index (κ2) is 8.63. The van der Waals surface area contributed by atoms with Crippen LogP contribution in [-0.4, -0.2) is 35.9 Å². The number of fused-ring (bicyclic) bond motifs is 1. The summed E-state index contributed by atoms with van der Waals surface area (Å²) in [5.74, 6) is -0.417. The van der Waals surface area contributed by atoms with Crippen LogP contribution in [0.4, 0.5) is 10.1 Å². The number of hydrogen-bond acceptors (Lipinski definition) is 5. The van der Waals surface area contributed by atoms with E-state index in [-0.39, 0.29) is 16.6 Å². The molecule has 32 heavy (non-hydrogen) atoms. The molecule has 3 heterocycles. The van der Waals surface area contributed by atoms with Gasteiger partial charge in [-0.05, 0) is 56.1 Å². The van der Waals surface area contributed by atoms with Crippen molar-refractivity contribution in [3.8, 4) is 0 Å². The number of halogens is 3. The highest BCUT2D eigenvalue weighted by Crippen LogP contribution is 2.41. The van der Waals surface area contributed by atoms with Crippen molar-refractivity contribution in [2.75, 3.05) is 31.6 Å². The van der Waals surface area contributed by atoms with Crippen molar-refractivity contribution in [2.45, 2.75) is 30.8 Å². The minimum atomic E-state index is -0.790. The van der Waals surface area contributed by atoms with Crippen LogP contribution in [0.2, 0.25) is 10.0 Å². The molecular formula is C23H23Cl2FN4O2. The summed E-state index contributed by atoms with van der Waals surface area (Å²) in [5.41, 5.74) is 0.773. The zero-order valence-electron chi connectivity index (χ0n) is 17.3. The molecular weight excluding hydrogens is 454 g/mol. The van der Waals surface area contributed by atoms with Gasteiger partial charge in [0.25, 0.3) is 5.56 Å². The second-order valence-corrected chi connectivity index (χ2v) is 9.17. The molecule has 0 bridgehead atoms. The average molecular weight is 477 g/mol. The van der Waals surface area contributed by atoms with E-state index >= 15 is 0 Å². The van der Waals surface area contributed by atoms with Gasteiger partial charge >= 0.3 is 0 Å². The normalized spacial score (nSPS) is 21.8. The van der Waals surface area contributed by atoms with Crippen molar-refractivity contribution in [1.29, 1.82) is 0 Å². The Balaban J connectivity index is 1.56. The van der Waals surface area contributed by atoms with E-state index in [1.807, 2.05) is 6.07 Å². The summed E-state index contributed by atoms with van der Waals surface area (Å²) < 4.78 is 22.0. The van der Waals surface area contributed by atoms with E-state index in [0.717, 1.165) is 12.8 Å². The lowest BCUT2D eigenvalue weighted by atomic mass is 9.88. The number of anilines is 1. The molecule has 6 nitrogen and oxygen atoms in total. The van der Waals surface area contributed by atoms with Crippen LogP contribution >= 0.6 is 23.2 Å². The number of hydrogen-bond donors (Lipinski definition) is 2. The van der Waals surface area contributed by atoms with E-state index in [0.29, 0.717) is 59.9 Å². The number of aromatic nitrogens is 2. The fraction of sp³-hybridized carbons (Fsp3) is 0.391. The molecule has 5 rings (SSSR count). The van der Waals surface area contributed by atoms with Crippen LogP contribution in [0.1, 0.15) is 30.9 Å².